The molecule has 6 nitrogen and oxygen atoms in total. The molecule has 2 aromatic heterocycles. The summed E-state index contributed by atoms with van der Waals surface area (Å²) in [6, 6.07) is 11.1. The Morgan fingerprint density at radius 1 is 1.21 bits per heavy atom. The third kappa shape index (κ3) is 4.68. The van der Waals surface area contributed by atoms with Gasteiger partial charge >= 0.3 is 0 Å². The Kier molecular flexibility index (Phi) is 5.97. The molecule has 1 saturated heterocycles. The van der Waals surface area contributed by atoms with E-state index < -0.39 is 0 Å². The molecule has 150 valence electrons. The van der Waals surface area contributed by atoms with Crippen molar-refractivity contribution >= 4 is 39.9 Å². The van der Waals surface area contributed by atoms with E-state index in [1.807, 2.05) is 24.3 Å². The van der Waals surface area contributed by atoms with Gasteiger partial charge in [0.05, 0.1) is 6.26 Å². The highest BCUT2D eigenvalue weighted by Gasteiger charge is 2.29. The number of hydrogen-bond donors (Lipinski definition) is 1. The maximum absolute atomic E-state index is 12.6. The van der Waals surface area contributed by atoms with Crippen molar-refractivity contribution in [2.75, 3.05) is 18.4 Å². The van der Waals surface area contributed by atoms with Crippen LogP contribution < -0.4 is 5.32 Å². The number of carbonyl (C=O) groups excluding carboxylic acids is 2. The number of hydrogen-bond acceptors (Lipinski definition) is 5. The summed E-state index contributed by atoms with van der Waals surface area (Å²) in [6.45, 7) is 1.07. The van der Waals surface area contributed by atoms with Crippen molar-refractivity contribution < 1.29 is 14.0 Å². The third-order valence-corrected chi connectivity index (χ3v) is 6.27. The van der Waals surface area contributed by atoms with Crippen molar-refractivity contribution in [2.45, 2.75) is 19.3 Å². The van der Waals surface area contributed by atoms with Gasteiger partial charge in [-0.05, 0) is 36.6 Å². The molecule has 0 aliphatic carbocycles. The van der Waals surface area contributed by atoms with Crippen LogP contribution in [0.2, 0.25) is 5.02 Å². The smallest absolute Gasteiger partial charge is 0.289 e. The lowest BCUT2D eigenvalue weighted by Gasteiger charge is -2.30. The van der Waals surface area contributed by atoms with E-state index in [4.69, 9.17) is 16.0 Å². The summed E-state index contributed by atoms with van der Waals surface area (Å²) in [5, 5.41) is 4.23. The van der Waals surface area contributed by atoms with Gasteiger partial charge in [-0.15, -0.1) is 11.3 Å². The fourth-order valence-corrected chi connectivity index (χ4v) is 4.43. The largest absolute Gasteiger partial charge is 0.459 e. The highest BCUT2D eigenvalue weighted by molar-refractivity contribution is 7.15. The lowest BCUT2D eigenvalue weighted by atomic mass is 9.96. The Hall–Kier alpha value is -2.64. The number of nitrogens with zero attached hydrogens (tertiary/aromatic N) is 2. The average molecular weight is 430 g/mol. The van der Waals surface area contributed by atoms with Crippen LogP contribution in [0.5, 0.6) is 0 Å². The van der Waals surface area contributed by atoms with Gasteiger partial charge in [-0.1, -0.05) is 29.8 Å². The molecular formula is C21H20ClN3O3S. The number of nitrogens with one attached hydrogen (secondary N) is 1. The van der Waals surface area contributed by atoms with Crippen molar-refractivity contribution in [3.8, 4) is 0 Å². The molecule has 1 aliphatic rings. The van der Waals surface area contributed by atoms with Gasteiger partial charge in [-0.2, -0.15) is 0 Å². The minimum atomic E-state index is -0.133. The van der Waals surface area contributed by atoms with Crippen molar-refractivity contribution in [1.82, 2.24) is 9.88 Å². The highest BCUT2D eigenvalue weighted by Crippen LogP contribution is 2.26. The van der Waals surface area contributed by atoms with E-state index in [1.165, 1.54) is 17.6 Å². The zero-order valence-corrected chi connectivity index (χ0v) is 17.2. The van der Waals surface area contributed by atoms with Crippen LogP contribution in [0.1, 0.15) is 33.8 Å². The number of carbonyl (C=O) groups is 2. The highest BCUT2D eigenvalue weighted by atomic mass is 35.5. The minimum absolute atomic E-state index is 0.0475. The Labute approximate surface area is 177 Å². The Morgan fingerprint density at radius 2 is 2.00 bits per heavy atom. The van der Waals surface area contributed by atoms with Gasteiger partial charge in [0.2, 0.25) is 5.91 Å². The van der Waals surface area contributed by atoms with Crippen LogP contribution >= 0.6 is 22.9 Å². The van der Waals surface area contributed by atoms with Gasteiger partial charge in [0, 0.05) is 41.5 Å². The van der Waals surface area contributed by atoms with Gasteiger partial charge in [0.15, 0.2) is 10.9 Å². The summed E-state index contributed by atoms with van der Waals surface area (Å²) in [4.78, 5) is 32.0. The molecule has 1 aromatic carbocycles. The van der Waals surface area contributed by atoms with Crippen LogP contribution in [-0.2, 0) is 11.2 Å². The second kappa shape index (κ2) is 8.80. The van der Waals surface area contributed by atoms with Crippen molar-refractivity contribution in [3.05, 3.63) is 70.1 Å². The number of amides is 2. The molecule has 1 aliphatic heterocycles. The summed E-state index contributed by atoms with van der Waals surface area (Å²) >= 11 is 7.67. The van der Waals surface area contributed by atoms with Crippen LogP contribution in [0.15, 0.2) is 53.3 Å². The lowest BCUT2D eigenvalue weighted by molar-refractivity contribution is -0.121. The predicted molar refractivity (Wildman–Crippen MR) is 112 cm³/mol. The number of aromatic nitrogens is 1. The first-order valence-electron chi connectivity index (χ1n) is 9.42. The van der Waals surface area contributed by atoms with Crippen LogP contribution in [0.25, 0.3) is 0 Å². The molecular weight excluding hydrogens is 410 g/mol. The summed E-state index contributed by atoms with van der Waals surface area (Å²) in [7, 11) is 0. The molecule has 0 unspecified atom stereocenters. The molecule has 29 heavy (non-hydrogen) atoms. The second-order valence-electron chi connectivity index (χ2n) is 6.93. The molecule has 3 heterocycles. The quantitative estimate of drug-likeness (QED) is 0.649. The monoisotopic (exact) mass is 429 g/mol. The number of furan rings is 1. The first-order valence-corrected chi connectivity index (χ1v) is 10.6. The van der Waals surface area contributed by atoms with E-state index in [0.717, 1.165) is 15.5 Å². The first-order chi connectivity index (χ1) is 14.1. The molecule has 0 atom stereocenters. The molecule has 0 bridgehead atoms. The van der Waals surface area contributed by atoms with E-state index in [-0.39, 0.29) is 17.7 Å². The molecule has 0 spiro atoms. The molecule has 1 fully saturated rings. The number of rotatable bonds is 5. The number of halogens is 1. The molecule has 0 saturated carbocycles. The van der Waals surface area contributed by atoms with Crippen LogP contribution in [0, 0.1) is 5.92 Å². The van der Waals surface area contributed by atoms with E-state index in [2.05, 4.69) is 10.3 Å². The van der Waals surface area contributed by atoms with Crippen molar-refractivity contribution in [1.29, 1.82) is 0 Å². The Balaban J connectivity index is 1.30. The van der Waals surface area contributed by atoms with Crippen molar-refractivity contribution in [2.24, 2.45) is 5.92 Å². The summed E-state index contributed by atoms with van der Waals surface area (Å²) in [6.07, 6.45) is 5.18. The van der Waals surface area contributed by atoms with Gasteiger partial charge < -0.3 is 14.6 Å². The SMILES string of the molecule is O=C(Nc1ncc(Cc2ccccc2Cl)s1)C1CCN(C(=O)c2ccco2)CC1. The maximum atomic E-state index is 12.6. The Morgan fingerprint density at radius 3 is 2.72 bits per heavy atom. The van der Waals surface area contributed by atoms with E-state index in [9.17, 15) is 9.59 Å². The summed E-state index contributed by atoms with van der Waals surface area (Å²) in [5.74, 6) is 0.0278. The predicted octanol–water partition coefficient (Wildman–Crippen LogP) is 4.47. The van der Waals surface area contributed by atoms with Crippen LogP contribution in [-0.4, -0.2) is 34.8 Å². The number of anilines is 1. The number of benzene rings is 1. The van der Waals surface area contributed by atoms with E-state index in [0.29, 0.717) is 43.2 Å². The van der Waals surface area contributed by atoms with Gasteiger partial charge in [0.1, 0.15) is 0 Å². The number of thiazole rings is 1. The fraction of sp³-hybridized carbons (Fsp3) is 0.286. The average Bonchev–Trinajstić information content (AvgIpc) is 3.42. The van der Waals surface area contributed by atoms with Crippen molar-refractivity contribution in [3.63, 3.8) is 0 Å². The van der Waals surface area contributed by atoms with Gasteiger partial charge in [-0.25, -0.2) is 4.98 Å². The molecule has 3 aromatic rings. The minimum Gasteiger partial charge on any atom is -0.459 e. The summed E-state index contributed by atoms with van der Waals surface area (Å²) < 4.78 is 5.17. The fourth-order valence-electron chi connectivity index (χ4n) is 3.38. The normalized spacial score (nSPS) is 14.7. The standard InChI is InChI=1S/C21H20ClN3O3S/c22-17-5-2-1-4-15(17)12-16-13-23-21(29-16)24-19(26)14-7-9-25(10-8-14)20(27)18-6-3-11-28-18/h1-6,11,13-14H,7-10,12H2,(H,23,24,26). The third-order valence-electron chi connectivity index (χ3n) is 4.99. The number of likely N-dealkylation sites (tertiary alicyclic amines) is 1. The number of piperidine rings is 1. The lowest BCUT2D eigenvalue weighted by Crippen LogP contribution is -2.41. The molecule has 0 radical (unpaired) electrons. The van der Waals surface area contributed by atoms with Crippen LogP contribution in [0.4, 0.5) is 5.13 Å². The first kappa shape index (κ1) is 19.7. The van der Waals surface area contributed by atoms with E-state index in [1.54, 1.807) is 23.2 Å². The van der Waals surface area contributed by atoms with E-state index >= 15 is 0 Å². The van der Waals surface area contributed by atoms with Crippen LogP contribution in [0.3, 0.4) is 0 Å². The van der Waals surface area contributed by atoms with Gasteiger partial charge in [-0.3, -0.25) is 9.59 Å². The van der Waals surface area contributed by atoms with Gasteiger partial charge in [0.25, 0.3) is 5.91 Å². The molecule has 8 heteroatoms. The zero-order chi connectivity index (χ0) is 20.2. The Bertz CT molecular complexity index is 994. The maximum Gasteiger partial charge on any atom is 0.289 e. The zero-order valence-electron chi connectivity index (χ0n) is 15.6. The molecule has 4 rings (SSSR count). The topological polar surface area (TPSA) is 75.4 Å². The summed E-state index contributed by atoms with van der Waals surface area (Å²) in [5.41, 5.74) is 1.03. The molecule has 2 amide bonds. The molecule has 1 N–H and O–H groups in total. The second-order valence-corrected chi connectivity index (χ2v) is 8.46.